The molecule has 0 saturated heterocycles. The van der Waals surface area contributed by atoms with Crippen molar-refractivity contribution in [3.05, 3.63) is 40.9 Å². The number of benzene rings is 1. The average Bonchev–Trinajstić information content (AvgIpc) is 2.75. The minimum atomic E-state index is -0.991. The van der Waals surface area contributed by atoms with Crippen LogP contribution in [0.3, 0.4) is 0 Å². The fourth-order valence-electron chi connectivity index (χ4n) is 1.66. The number of halogens is 1. The van der Waals surface area contributed by atoms with Gasteiger partial charge in [0.25, 0.3) is 0 Å². The lowest BCUT2D eigenvalue weighted by atomic mass is 10.2. The van der Waals surface area contributed by atoms with E-state index in [0.29, 0.717) is 29.5 Å². The maximum Gasteiger partial charge on any atom is 0.337 e. The summed E-state index contributed by atoms with van der Waals surface area (Å²) in [6.45, 7) is 0.532. The van der Waals surface area contributed by atoms with Crippen LogP contribution >= 0.6 is 11.6 Å². The molecule has 0 amide bonds. The Labute approximate surface area is 115 Å². The number of rotatable bonds is 5. The minimum absolute atomic E-state index is 0.193. The first kappa shape index (κ1) is 13.4. The molecule has 0 spiro atoms. The zero-order valence-corrected chi connectivity index (χ0v) is 11.1. The van der Waals surface area contributed by atoms with E-state index in [9.17, 15) is 4.79 Å². The molecule has 0 atom stereocenters. The summed E-state index contributed by atoms with van der Waals surface area (Å²) in [7, 11) is 1.80. The summed E-state index contributed by atoms with van der Waals surface area (Å²) in [6.07, 6.45) is 2.23. The van der Waals surface area contributed by atoms with Gasteiger partial charge in [0.15, 0.2) is 5.82 Å². The van der Waals surface area contributed by atoms with Gasteiger partial charge >= 0.3 is 5.97 Å². The van der Waals surface area contributed by atoms with Crippen molar-refractivity contribution in [2.45, 2.75) is 6.42 Å². The Kier molecular flexibility index (Phi) is 4.01. The van der Waals surface area contributed by atoms with Crippen molar-refractivity contribution >= 4 is 23.3 Å². The van der Waals surface area contributed by atoms with Gasteiger partial charge in [-0.15, -0.1) is 0 Å². The monoisotopic (exact) mass is 280 g/mol. The molecule has 7 heteroatoms. The van der Waals surface area contributed by atoms with E-state index in [2.05, 4.69) is 15.4 Å². The molecular formula is C12H13ClN4O2. The van der Waals surface area contributed by atoms with Gasteiger partial charge in [0.2, 0.25) is 0 Å². The lowest BCUT2D eigenvalue weighted by Gasteiger charge is -2.09. The number of carboxylic acids is 1. The number of aromatic carboxylic acids is 1. The number of hydrogen-bond acceptors (Lipinski definition) is 4. The lowest BCUT2D eigenvalue weighted by molar-refractivity contribution is 0.0698. The van der Waals surface area contributed by atoms with Crippen molar-refractivity contribution in [2.75, 3.05) is 11.9 Å². The Balaban J connectivity index is 2.02. The molecule has 0 aliphatic rings. The number of carboxylic acid groups (broad SMARTS) is 1. The largest absolute Gasteiger partial charge is 0.478 e. The fraction of sp³-hybridized carbons (Fsp3) is 0.250. The van der Waals surface area contributed by atoms with Gasteiger partial charge in [0.1, 0.15) is 6.33 Å². The van der Waals surface area contributed by atoms with E-state index in [4.69, 9.17) is 16.7 Å². The van der Waals surface area contributed by atoms with Crippen molar-refractivity contribution in [2.24, 2.45) is 7.05 Å². The number of nitrogens with one attached hydrogen (secondary N) is 1. The summed E-state index contributed by atoms with van der Waals surface area (Å²) in [5, 5.41) is 16.7. The molecule has 1 heterocycles. The first-order valence-corrected chi connectivity index (χ1v) is 6.05. The first-order chi connectivity index (χ1) is 9.06. The van der Waals surface area contributed by atoms with Crippen molar-refractivity contribution in [1.29, 1.82) is 0 Å². The zero-order valence-electron chi connectivity index (χ0n) is 10.3. The maximum atomic E-state index is 11.1. The number of aromatic nitrogens is 3. The Hall–Kier alpha value is -2.08. The molecular weight excluding hydrogens is 268 g/mol. The van der Waals surface area contributed by atoms with Crippen LogP contribution in [0.15, 0.2) is 24.5 Å². The highest BCUT2D eigenvalue weighted by molar-refractivity contribution is 6.31. The van der Waals surface area contributed by atoms with Gasteiger partial charge in [-0.05, 0) is 18.2 Å². The van der Waals surface area contributed by atoms with Crippen molar-refractivity contribution in [3.63, 3.8) is 0 Å². The Morgan fingerprint density at radius 3 is 2.95 bits per heavy atom. The van der Waals surface area contributed by atoms with Gasteiger partial charge < -0.3 is 10.4 Å². The van der Waals surface area contributed by atoms with Gasteiger partial charge in [-0.2, -0.15) is 5.10 Å². The van der Waals surface area contributed by atoms with Gasteiger partial charge in [-0.25, -0.2) is 9.78 Å². The first-order valence-electron chi connectivity index (χ1n) is 5.67. The third-order valence-electron chi connectivity index (χ3n) is 2.52. The van der Waals surface area contributed by atoms with Gasteiger partial charge in [0.05, 0.1) is 11.3 Å². The van der Waals surface area contributed by atoms with E-state index >= 15 is 0 Å². The highest BCUT2D eigenvalue weighted by Gasteiger charge is 2.10. The molecule has 0 saturated carbocycles. The molecule has 19 heavy (non-hydrogen) atoms. The summed E-state index contributed by atoms with van der Waals surface area (Å²) in [4.78, 5) is 15.1. The van der Waals surface area contributed by atoms with E-state index in [1.807, 2.05) is 0 Å². The SMILES string of the molecule is Cn1cnc(CCNc2cc(Cl)ccc2C(=O)O)n1. The number of aryl methyl sites for hydroxylation is 1. The molecule has 0 unspecified atom stereocenters. The van der Waals surface area contributed by atoms with E-state index in [1.54, 1.807) is 30.2 Å². The highest BCUT2D eigenvalue weighted by atomic mass is 35.5. The summed E-state index contributed by atoms with van der Waals surface area (Å²) in [6, 6.07) is 4.62. The number of anilines is 1. The van der Waals surface area contributed by atoms with Crippen molar-refractivity contribution in [1.82, 2.24) is 14.8 Å². The van der Waals surface area contributed by atoms with E-state index in [0.717, 1.165) is 0 Å². The third-order valence-corrected chi connectivity index (χ3v) is 2.76. The molecule has 2 N–H and O–H groups in total. The quantitative estimate of drug-likeness (QED) is 0.873. The third kappa shape index (κ3) is 3.45. The molecule has 2 aromatic rings. The van der Waals surface area contributed by atoms with Gasteiger partial charge in [-0.3, -0.25) is 4.68 Å². The van der Waals surface area contributed by atoms with Crippen LogP contribution in [0.5, 0.6) is 0 Å². The molecule has 6 nitrogen and oxygen atoms in total. The number of carbonyl (C=O) groups is 1. The van der Waals surface area contributed by atoms with E-state index < -0.39 is 5.97 Å². The maximum absolute atomic E-state index is 11.1. The summed E-state index contributed by atoms with van der Waals surface area (Å²) >= 11 is 5.86. The Morgan fingerprint density at radius 1 is 1.53 bits per heavy atom. The summed E-state index contributed by atoms with van der Waals surface area (Å²) in [5.41, 5.74) is 0.689. The van der Waals surface area contributed by atoms with Crippen LogP contribution in [0, 0.1) is 0 Å². The Morgan fingerprint density at radius 2 is 2.32 bits per heavy atom. The second kappa shape index (κ2) is 5.71. The van der Waals surface area contributed by atoms with Crippen LogP contribution in [0.4, 0.5) is 5.69 Å². The highest BCUT2D eigenvalue weighted by Crippen LogP contribution is 2.21. The Bertz CT molecular complexity index is 597. The molecule has 2 rings (SSSR count). The number of hydrogen-bond donors (Lipinski definition) is 2. The second-order valence-electron chi connectivity index (χ2n) is 4.01. The predicted octanol–water partition coefficient (Wildman–Crippen LogP) is 1.82. The van der Waals surface area contributed by atoms with E-state index in [1.165, 1.54) is 6.07 Å². The molecule has 0 radical (unpaired) electrons. The fourth-order valence-corrected chi connectivity index (χ4v) is 1.83. The predicted molar refractivity (Wildman–Crippen MR) is 71.6 cm³/mol. The van der Waals surface area contributed by atoms with Crippen molar-refractivity contribution in [3.8, 4) is 0 Å². The second-order valence-corrected chi connectivity index (χ2v) is 4.44. The topological polar surface area (TPSA) is 80.0 Å². The van der Waals surface area contributed by atoms with Gasteiger partial charge in [-0.1, -0.05) is 11.6 Å². The van der Waals surface area contributed by atoms with Gasteiger partial charge in [0, 0.05) is 25.0 Å². The van der Waals surface area contributed by atoms with Crippen molar-refractivity contribution < 1.29 is 9.90 Å². The van der Waals surface area contributed by atoms with Crippen LogP contribution in [-0.2, 0) is 13.5 Å². The normalized spacial score (nSPS) is 10.4. The minimum Gasteiger partial charge on any atom is -0.478 e. The average molecular weight is 281 g/mol. The van der Waals surface area contributed by atoms with Crippen LogP contribution in [0.1, 0.15) is 16.2 Å². The molecule has 1 aromatic carbocycles. The van der Waals surface area contributed by atoms with Crippen LogP contribution in [0.2, 0.25) is 5.02 Å². The van der Waals surface area contributed by atoms with Crippen LogP contribution in [0.25, 0.3) is 0 Å². The summed E-state index contributed by atoms with van der Waals surface area (Å²) in [5.74, 6) is -0.288. The lowest BCUT2D eigenvalue weighted by Crippen LogP contribution is -2.10. The van der Waals surface area contributed by atoms with Crippen LogP contribution < -0.4 is 5.32 Å². The molecule has 100 valence electrons. The molecule has 0 aliphatic carbocycles. The van der Waals surface area contributed by atoms with Crippen LogP contribution in [-0.4, -0.2) is 32.4 Å². The molecule has 1 aromatic heterocycles. The molecule has 0 fully saturated rings. The molecule has 0 bridgehead atoms. The van der Waals surface area contributed by atoms with E-state index in [-0.39, 0.29) is 5.56 Å². The summed E-state index contributed by atoms with van der Waals surface area (Å²) < 4.78 is 1.62. The molecule has 0 aliphatic heterocycles. The zero-order chi connectivity index (χ0) is 13.8. The standard InChI is InChI=1S/C12H13ClN4O2/c1-17-7-15-11(16-17)4-5-14-10-6-8(13)2-3-9(10)12(18)19/h2-3,6-7,14H,4-5H2,1H3,(H,18,19). The number of nitrogens with zero attached hydrogens (tertiary/aromatic N) is 3. The smallest absolute Gasteiger partial charge is 0.337 e.